The summed E-state index contributed by atoms with van der Waals surface area (Å²) < 4.78 is 4.99. The summed E-state index contributed by atoms with van der Waals surface area (Å²) in [5, 5.41) is 2.94. The van der Waals surface area contributed by atoms with E-state index in [1.165, 1.54) is 0 Å². The van der Waals surface area contributed by atoms with Crippen LogP contribution in [0.3, 0.4) is 0 Å². The smallest absolute Gasteiger partial charge is 0.224 e. The molecular formula is C14H21N3O2. The van der Waals surface area contributed by atoms with Gasteiger partial charge in [-0.3, -0.25) is 4.79 Å². The van der Waals surface area contributed by atoms with Gasteiger partial charge in [-0.1, -0.05) is 18.9 Å². The standard InChI is InChI=1S/C14H21N3O2/c1-19-13-7-6-10(8-16-13)9-17-14(18)11-4-2-3-5-12(11)15/h6-8,11-12H,2-5,9,15H2,1H3,(H,17,18). The van der Waals surface area contributed by atoms with Gasteiger partial charge in [0, 0.05) is 24.8 Å². The summed E-state index contributed by atoms with van der Waals surface area (Å²) >= 11 is 0. The predicted octanol–water partition coefficient (Wildman–Crippen LogP) is 1.22. The van der Waals surface area contributed by atoms with Gasteiger partial charge in [-0.25, -0.2) is 4.98 Å². The van der Waals surface area contributed by atoms with E-state index in [9.17, 15) is 4.79 Å². The first kappa shape index (κ1) is 13.8. The molecule has 0 bridgehead atoms. The fourth-order valence-electron chi connectivity index (χ4n) is 2.44. The number of carbonyl (C=O) groups is 1. The lowest BCUT2D eigenvalue weighted by Crippen LogP contribution is -2.43. The van der Waals surface area contributed by atoms with Gasteiger partial charge < -0.3 is 15.8 Å². The van der Waals surface area contributed by atoms with Crippen LogP contribution in [0.15, 0.2) is 18.3 Å². The lowest BCUT2D eigenvalue weighted by molar-refractivity contribution is -0.126. The Hall–Kier alpha value is -1.62. The van der Waals surface area contributed by atoms with Crippen LogP contribution in [-0.4, -0.2) is 24.0 Å². The molecule has 2 rings (SSSR count). The van der Waals surface area contributed by atoms with Gasteiger partial charge in [-0.15, -0.1) is 0 Å². The third kappa shape index (κ3) is 3.67. The largest absolute Gasteiger partial charge is 0.481 e. The van der Waals surface area contributed by atoms with Crippen LogP contribution in [0.2, 0.25) is 0 Å². The zero-order valence-corrected chi connectivity index (χ0v) is 11.3. The van der Waals surface area contributed by atoms with E-state index in [2.05, 4.69) is 10.3 Å². The fourth-order valence-corrected chi connectivity index (χ4v) is 2.44. The molecule has 1 aliphatic carbocycles. The van der Waals surface area contributed by atoms with Crippen molar-refractivity contribution in [2.24, 2.45) is 11.7 Å². The number of nitrogens with two attached hydrogens (primary N) is 1. The van der Waals surface area contributed by atoms with Crippen molar-refractivity contribution in [1.29, 1.82) is 0 Å². The fraction of sp³-hybridized carbons (Fsp3) is 0.571. The lowest BCUT2D eigenvalue weighted by atomic mass is 9.84. The molecule has 5 heteroatoms. The second-order valence-corrected chi connectivity index (χ2v) is 4.98. The minimum atomic E-state index is -0.0417. The van der Waals surface area contributed by atoms with Crippen molar-refractivity contribution < 1.29 is 9.53 Å². The van der Waals surface area contributed by atoms with E-state index in [1.54, 1.807) is 19.4 Å². The topological polar surface area (TPSA) is 77.2 Å². The number of hydrogen-bond donors (Lipinski definition) is 2. The number of hydrogen-bond acceptors (Lipinski definition) is 4. The van der Waals surface area contributed by atoms with E-state index in [0.29, 0.717) is 12.4 Å². The minimum Gasteiger partial charge on any atom is -0.481 e. The highest BCUT2D eigenvalue weighted by molar-refractivity contribution is 5.79. The van der Waals surface area contributed by atoms with Crippen molar-refractivity contribution in [3.05, 3.63) is 23.9 Å². The highest BCUT2D eigenvalue weighted by atomic mass is 16.5. The molecular weight excluding hydrogens is 242 g/mol. The number of aromatic nitrogens is 1. The highest BCUT2D eigenvalue weighted by Gasteiger charge is 2.27. The molecule has 0 radical (unpaired) electrons. The number of methoxy groups -OCH3 is 1. The van der Waals surface area contributed by atoms with Crippen molar-refractivity contribution in [2.45, 2.75) is 38.3 Å². The minimum absolute atomic E-state index is 0.00254. The van der Waals surface area contributed by atoms with Crippen LogP contribution in [0.4, 0.5) is 0 Å². The molecule has 0 spiro atoms. The number of nitrogens with one attached hydrogen (secondary N) is 1. The Morgan fingerprint density at radius 1 is 1.47 bits per heavy atom. The summed E-state index contributed by atoms with van der Waals surface area (Å²) in [4.78, 5) is 16.2. The van der Waals surface area contributed by atoms with E-state index >= 15 is 0 Å². The van der Waals surface area contributed by atoms with Crippen molar-refractivity contribution in [2.75, 3.05) is 7.11 Å². The van der Waals surface area contributed by atoms with E-state index < -0.39 is 0 Å². The van der Waals surface area contributed by atoms with E-state index in [1.807, 2.05) is 6.07 Å². The number of nitrogens with zero attached hydrogens (tertiary/aromatic N) is 1. The molecule has 1 aliphatic rings. The molecule has 1 heterocycles. The predicted molar refractivity (Wildman–Crippen MR) is 72.6 cm³/mol. The maximum Gasteiger partial charge on any atom is 0.224 e. The van der Waals surface area contributed by atoms with Gasteiger partial charge in [0.25, 0.3) is 0 Å². The van der Waals surface area contributed by atoms with Crippen LogP contribution in [0.5, 0.6) is 5.88 Å². The molecule has 1 aromatic heterocycles. The van der Waals surface area contributed by atoms with Gasteiger partial charge in [0.2, 0.25) is 11.8 Å². The molecule has 2 atom stereocenters. The summed E-state index contributed by atoms with van der Waals surface area (Å²) in [7, 11) is 1.58. The Balaban J connectivity index is 1.85. The van der Waals surface area contributed by atoms with Gasteiger partial charge >= 0.3 is 0 Å². The van der Waals surface area contributed by atoms with Crippen LogP contribution >= 0.6 is 0 Å². The van der Waals surface area contributed by atoms with Gasteiger partial charge in [-0.05, 0) is 18.4 Å². The van der Waals surface area contributed by atoms with Crippen molar-refractivity contribution in [1.82, 2.24) is 10.3 Å². The highest BCUT2D eigenvalue weighted by Crippen LogP contribution is 2.23. The Labute approximate surface area is 113 Å². The molecule has 104 valence electrons. The van der Waals surface area contributed by atoms with E-state index in [-0.39, 0.29) is 17.9 Å². The third-order valence-electron chi connectivity index (χ3n) is 3.63. The molecule has 19 heavy (non-hydrogen) atoms. The molecule has 1 saturated carbocycles. The molecule has 2 unspecified atom stereocenters. The summed E-state index contributed by atoms with van der Waals surface area (Å²) in [6, 6.07) is 3.68. The Bertz CT molecular complexity index is 419. The molecule has 1 aromatic rings. The summed E-state index contributed by atoms with van der Waals surface area (Å²) in [5.74, 6) is 0.590. The van der Waals surface area contributed by atoms with Gasteiger partial charge in [0.1, 0.15) is 0 Å². The van der Waals surface area contributed by atoms with Crippen molar-refractivity contribution in [3.8, 4) is 5.88 Å². The number of carbonyl (C=O) groups excluding carboxylic acids is 1. The zero-order valence-electron chi connectivity index (χ0n) is 11.3. The molecule has 0 saturated heterocycles. The molecule has 3 N–H and O–H groups in total. The molecule has 0 aromatic carbocycles. The Morgan fingerprint density at radius 2 is 2.26 bits per heavy atom. The quantitative estimate of drug-likeness (QED) is 0.856. The second-order valence-electron chi connectivity index (χ2n) is 4.98. The van der Waals surface area contributed by atoms with Crippen molar-refractivity contribution >= 4 is 5.91 Å². The van der Waals surface area contributed by atoms with Crippen molar-refractivity contribution in [3.63, 3.8) is 0 Å². The first-order chi connectivity index (χ1) is 9.20. The third-order valence-corrected chi connectivity index (χ3v) is 3.63. The van der Waals surface area contributed by atoms with Crippen LogP contribution in [0.1, 0.15) is 31.2 Å². The van der Waals surface area contributed by atoms with Gasteiger partial charge in [-0.2, -0.15) is 0 Å². The number of amides is 1. The first-order valence-corrected chi connectivity index (χ1v) is 6.73. The SMILES string of the molecule is COc1ccc(CNC(=O)C2CCCCC2N)cn1. The molecule has 0 aliphatic heterocycles. The van der Waals surface area contributed by atoms with Crippen LogP contribution in [0.25, 0.3) is 0 Å². The number of pyridine rings is 1. The van der Waals surface area contributed by atoms with Crippen LogP contribution in [0, 0.1) is 5.92 Å². The number of rotatable bonds is 4. The molecule has 5 nitrogen and oxygen atoms in total. The van der Waals surface area contributed by atoms with Gasteiger partial charge in [0.05, 0.1) is 13.0 Å². The van der Waals surface area contributed by atoms with Crippen LogP contribution < -0.4 is 15.8 Å². The molecule has 1 fully saturated rings. The summed E-state index contributed by atoms with van der Waals surface area (Å²) in [6.45, 7) is 0.485. The second kappa shape index (κ2) is 6.52. The maximum absolute atomic E-state index is 12.1. The van der Waals surface area contributed by atoms with E-state index in [0.717, 1.165) is 31.2 Å². The summed E-state index contributed by atoms with van der Waals surface area (Å²) in [5.41, 5.74) is 6.95. The van der Waals surface area contributed by atoms with Gasteiger partial charge in [0.15, 0.2) is 0 Å². The first-order valence-electron chi connectivity index (χ1n) is 6.73. The Kier molecular flexibility index (Phi) is 4.74. The lowest BCUT2D eigenvalue weighted by Gasteiger charge is -2.27. The summed E-state index contributed by atoms with van der Waals surface area (Å²) in [6.07, 6.45) is 5.78. The Morgan fingerprint density at radius 3 is 2.89 bits per heavy atom. The average Bonchev–Trinajstić information content (AvgIpc) is 2.46. The normalized spacial score (nSPS) is 22.8. The maximum atomic E-state index is 12.1. The monoisotopic (exact) mass is 263 g/mol. The zero-order chi connectivity index (χ0) is 13.7. The number of ether oxygens (including phenoxy) is 1. The van der Waals surface area contributed by atoms with Crippen LogP contribution in [-0.2, 0) is 11.3 Å². The molecule has 1 amide bonds. The average molecular weight is 263 g/mol. The van der Waals surface area contributed by atoms with E-state index in [4.69, 9.17) is 10.5 Å².